The van der Waals surface area contributed by atoms with Gasteiger partial charge in [0.2, 0.25) is 0 Å². The van der Waals surface area contributed by atoms with Crippen molar-refractivity contribution in [1.29, 1.82) is 0 Å². The normalized spacial score (nSPS) is 10.9. The molecule has 0 amide bonds. The summed E-state index contributed by atoms with van der Waals surface area (Å²) >= 11 is 0. The van der Waals surface area contributed by atoms with Gasteiger partial charge in [-0.05, 0) is 42.0 Å². The van der Waals surface area contributed by atoms with Crippen LogP contribution >= 0.6 is 0 Å². The molecule has 0 aliphatic rings. The summed E-state index contributed by atoms with van der Waals surface area (Å²) in [5.74, 6) is 2.22. The standard InChI is InChI=1S/C23H20O4/c1-25-18-10-8-16(9-11-18)23-21(15-6-4-3-5-7-15)20-13-19(26-2)12-17(14-24)22(20)27-23/h3-13,24H,14H2,1-2H3. The Bertz CT molecular complexity index is 1060. The maximum absolute atomic E-state index is 9.83. The van der Waals surface area contributed by atoms with Gasteiger partial charge in [-0.2, -0.15) is 0 Å². The third kappa shape index (κ3) is 3.04. The van der Waals surface area contributed by atoms with E-state index < -0.39 is 0 Å². The molecule has 0 saturated heterocycles. The van der Waals surface area contributed by atoms with Gasteiger partial charge in [0.15, 0.2) is 0 Å². The Kier molecular flexibility index (Phi) is 4.57. The molecular formula is C23H20O4. The molecule has 3 aromatic carbocycles. The molecule has 0 spiro atoms. The van der Waals surface area contributed by atoms with Crippen LogP contribution in [0.1, 0.15) is 5.56 Å². The molecule has 136 valence electrons. The number of methoxy groups -OCH3 is 2. The van der Waals surface area contributed by atoms with Crippen molar-refractivity contribution in [3.63, 3.8) is 0 Å². The Morgan fingerprint density at radius 3 is 2.15 bits per heavy atom. The minimum absolute atomic E-state index is 0.127. The topological polar surface area (TPSA) is 51.8 Å². The summed E-state index contributed by atoms with van der Waals surface area (Å²) in [6, 6.07) is 21.6. The predicted octanol–water partition coefficient (Wildman–Crippen LogP) is 5.28. The first kappa shape index (κ1) is 17.2. The highest BCUT2D eigenvalue weighted by Gasteiger charge is 2.20. The van der Waals surface area contributed by atoms with Crippen LogP contribution in [0.4, 0.5) is 0 Å². The van der Waals surface area contributed by atoms with E-state index in [1.165, 1.54) is 0 Å². The van der Waals surface area contributed by atoms with Crippen LogP contribution in [0, 0.1) is 0 Å². The van der Waals surface area contributed by atoms with Crippen molar-refractivity contribution < 1.29 is 19.0 Å². The Balaban J connectivity index is 2.04. The maximum atomic E-state index is 9.83. The van der Waals surface area contributed by atoms with E-state index in [4.69, 9.17) is 13.9 Å². The van der Waals surface area contributed by atoms with Crippen LogP contribution in [0.3, 0.4) is 0 Å². The number of aliphatic hydroxyl groups is 1. The lowest BCUT2D eigenvalue weighted by Crippen LogP contribution is -1.89. The number of benzene rings is 3. The molecule has 1 N–H and O–H groups in total. The van der Waals surface area contributed by atoms with Crippen LogP contribution in [-0.4, -0.2) is 19.3 Å². The van der Waals surface area contributed by atoms with Gasteiger partial charge in [0, 0.05) is 22.1 Å². The molecule has 0 saturated carbocycles. The van der Waals surface area contributed by atoms with Gasteiger partial charge in [-0.25, -0.2) is 0 Å². The number of ether oxygens (including phenoxy) is 2. The molecule has 0 radical (unpaired) electrons. The predicted molar refractivity (Wildman–Crippen MR) is 106 cm³/mol. The summed E-state index contributed by atoms with van der Waals surface area (Å²) in [6.45, 7) is -0.127. The molecule has 4 nitrogen and oxygen atoms in total. The molecule has 0 aliphatic heterocycles. The van der Waals surface area contributed by atoms with Gasteiger partial charge in [-0.1, -0.05) is 30.3 Å². The molecule has 1 aromatic heterocycles. The van der Waals surface area contributed by atoms with Gasteiger partial charge >= 0.3 is 0 Å². The van der Waals surface area contributed by atoms with Gasteiger partial charge in [-0.3, -0.25) is 0 Å². The minimum atomic E-state index is -0.127. The molecular weight excluding hydrogens is 340 g/mol. The lowest BCUT2D eigenvalue weighted by atomic mass is 9.97. The van der Waals surface area contributed by atoms with E-state index in [0.717, 1.165) is 33.6 Å². The zero-order valence-electron chi connectivity index (χ0n) is 15.2. The molecule has 0 aliphatic carbocycles. The second-order valence-corrected chi connectivity index (χ2v) is 6.22. The molecule has 4 aromatic rings. The molecule has 4 heteroatoms. The molecule has 0 bridgehead atoms. The zero-order valence-corrected chi connectivity index (χ0v) is 15.2. The lowest BCUT2D eigenvalue weighted by Gasteiger charge is -2.06. The van der Waals surface area contributed by atoms with E-state index in [1.54, 1.807) is 20.3 Å². The minimum Gasteiger partial charge on any atom is -0.497 e. The molecule has 0 unspecified atom stereocenters. The number of fused-ring (bicyclic) bond motifs is 1. The van der Waals surface area contributed by atoms with Crippen molar-refractivity contribution in [1.82, 2.24) is 0 Å². The molecule has 1 heterocycles. The lowest BCUT2D eigenvalue weighted by molar-refractivity contribution is 0.281. The largest absolute Gasteiger partial charge is 0.497 e. The van der Waals surface area contributed by atoms with Gasteiger partial charge in [-0.15, -0.1) is 0 Å². The van der Waals surface area contributed by atoms with Crippen molar-refractivity contribution >= 4 is 11.0 Å². The van der Waals surface area contributed by atoms with Crippen LogP contribution in [-0.2, 0) is 6.61 Å². The summed E-state index contributed by atoms with van der Waals surface area (Å²) < 4.78 is 17.0. The average Bonchev–Trinajstić information content (AvgIpc) is 3.13. The number of aliphatic hydroxyl groups excluding tert-OH is 1. The van der Waals surface area contributed by atoms with E-state index in [2.05, 4.69) is 12.1 Å². The van der Waals surface area contributed by atoms with E-state index >= 15 is 0 Å². The summed E-state index contributed by atoms with van der Waals surface area (Å²) in [5, 5.41) is 10.7. The van der Waals surface area contributed by atoms with Gasteiger partial charge in [0.05, 0.1) is 20.8 Å². The smallest absolute Gasteiger partial charge is 0.143 e. The monoisotopic (exact) mass is 360 g/mol. The van der Waals surface area contributed by atoms with Gasteiger partial charge < -0.3 is 19.0 Å². The Morgan fingerprint density at radius 1 is 0.815 bits per heavy atom. The number of hydrogen-bond donors (Lipinski definition) is 1. The van der Waals surface area contributed by atoms with Crippen LogP contribution in [0.25, 0.3) is 33.4 Å². The Morgan fingerprint density at radius 2 is 1.52 bits per heavy atom. The number of hydrogen-bond acceptors (Lipinski definition) is 4. The molecule has 4 rings (SSSR count). The second-order valence-electron chi connectivity index (χ2n) is 6.22. The van der Waals surface area contributed by atoms with Crippen molar-refractivity contribution in [2.45, 2.75) is 6.61 Å². The van der Waals surface area contributed by atoms with Crippen molar-refractivity contribution in [3.05, 3.63) is 72.3 Å². The maximum Gasteiger partial charge on any atom is 0.143 e. The highest BCUT2D eigenvalue weighted by molar-refractivity contribution is 6.03. The molecule has 27 heavy (non-hydrogen) atoms. The van der Waals surface area contributed by atoms with E-state index in [-0.39, 0.29) is 6.61 Å². The SMILES string of the molecule is COc1ccc(-c2oc3c(CO)cc(OC)cc3c2-c2ccccc2)cc1. The van der Waals surface area contributed by atoms with Gasteiger partial charge in [0.1, 0.15) is 22.8 Å². The Hall–Kier alpha value is -3.24. The average molecular weight is 360 g/mol. The first-order valence-electron chi connectivity index (χ1n) is 8.69. The number of rotatable bonds is 5. The van der Waals surface area contributed by atoms with Crippen molar-refractivity contribution in [2.24, 2.45) is 0 Å². The van der Waals surface area contributed by atoms with Gasteiger partial charge in [0.25, 0.3) is 0 Å². The summed E-state index contributed by atoms with van der Waals surface area (Å²) in [7, 11) is 3.26. The van der Waals surface area contributed by atoms with Crippen LogP contribution in [0.15, 0.2) is 71.1 Å². The van der Waals surface area contributed by atoms with E-state index in [1.807, 2.05) is 48.5 Å². The zero-order chi connectivity index (χ0) is 18.8. The fourth-order valence-corrected chi connectivity index (χ4v) is 3.31. The van der Waals surface area contributed by atoms with Crippen molar-refractivity contribution in [2.75, 3.05) is 14.2 Å². The molecule has 0 atom stereocenters. The quantitative estimate of drug-likeness (QED) is 0.526. The van der Waals surface area contributed by atoms with Crippen LogP contribution in [0.2, 0.25) is 0 Å². The van der Waals surface area contributed by atoms with Crippen molar-refractivity contribution in [3.8, 4) is 33.9 Å². The summed E-state index contributed by atoms with van der Waals surface area (Å²) in [5.41, 5.74) is 4.32. The number of furan rings is 1. The first-order valence-corrected chi connectivity index (χ1v) is 8.69. The second kappa shape index (κ2) is 7.17. The van der Waals surface area contributed by atoms with E-state index in [9.17, 15) is 5.11 Å². The van der Waals surface area contributed by atoms with E-state index in [0.29, 0.717) is 16.9 Å². The van der Waals surface area contributed by atoms with Crippen LogP contribution in [0.5, 0.6) is 11.5 Å². The highest BCUT2D eigenvalue weighted by atomic mass is 16.5. The summed E-state index contributed by atoms with van der Waals surface area (Å²) in [6.07, 6.45) is 0. The fraction of sp³-hybridized carbons (Fsp3) is 0.130. The third-order valence-electron chi connectivity index (χ3n) is 4.66. The first-order chi connectivity index (χ1) is 13.2. The fourth-order valence-electron chi connectivity index (χ4n) is 3.31. The third-order valence-corrected chi connectivity index (χ3v) is 4.66. The summed E-state index contributed by atoms with van der Waals surface area (Å²) in [4.78, 5) is 0. The van der Waals surface area contributed by atoms with Crippen LogP contribution < -0.4 is 9.47 Å². The molecule has 0 fully saturated rings. The highest BCUT2D eigenvalue weighted by Crippen LogP contribution is 2.43. The Labute approximate surface area is 157 Å².